The largest absolute Gasteiger partial charge is 0.484 e. The Morgan fingerprint density at radius 3 is 2.69 bits per heavy atom. The van der Waals surface area contributed by atoms with Gasteiger partial charge in [0.1, 0.15) is 5.75 Å². The molecule has 0 aromatic heterocycles. The van der Waals surface area contributed by atoms with Crippen LogP contribution in [0.25, 0.3) is 0 Å². The molecule has 0 unspecified atom stereocenters. The Labute approximate surface area is 169 Å². The summed E-state index contributed by atoms with van der Waals surface area (Å²) in [5.74, 6) is 0.168. The smallest absolute Gasteiger partial charge is 0.262 e. The number of ether oxygens (including phenoxy) is 1. The highest BCUT2D eigenvalue weighted by atomic mass is 16.5. The second kappa shape index (κ2) is 8.34. The number of hydrogen-bond donors (Lipinski definition) is 2. The highest BCUT2D eigenvalue weighted by Crippen LogP contribution is 2.25. The maximum absolute atomic E-state index is 12.2. The number of benzene rings is 2. The van der Waals surface area contributed by atoms with E-state index in [4.69, 9.17) is 4.74 Å². The minimum atomic E-state index is -0.326. The summed E-state index contributed by atoms with van der Waals surface area (Å²) in [5.41, 5.74) is 1.83. The van der Waals surface area contributed by atoms with Crippen molar-refractivity contribution < 1.29 is 19.1 Å². The molecule has 0 atom stereocenters. The molecule has 3 amide bonds. The number of carbonyl (C=O) groups excluding carboxylic acids is 3. The molecule has 2 fully saturated rings. The lowest BCUT2D eigenvalue weighted by Gasteiger charge is -2.16. The van der Waals surface area contributed by atoms with Crippen LogP contribution in [-0.4, -0.2) is 36.9 Å². The Morgan fingerprint density at radius 2 is 1.93 bits per heavy atom. The lowest BCUT2D eigenvalue weighted by Crippen LogP contribution is -2.25. The molecule has 0 spiro atoms. The summed E-state index contributed by atoms with van der Waals surface area (Å²) >= 11 is 0. The molecule has 4 rings (SSSR count). The van der Waals surface area contributed by atoms with E-state index in [0.717, 1.165) is 24.9 Å². The van der Waals surface area contributed by atoms with Gasteiger partial charge in [0, 0.05) is 42.0 Å². The first-order valence-electron chi connectivity index (χ1n) is 9.82. The van der Waals surface area contributed by atoms with E-state index < -0.39 is 0 Å². The summed E-state index contributed by atoms with van der Waals surface area (Å²) in [6.07, 6.45) is 3.45. The van der Waals surface area contributed by atoms with Crippen molar-refractivity contribution in [1.29, 1.82) is 0 Å². The van der Waals surface area contributed by atoms with Crippen molar-refractivity contribution in [1.82, 2.24) is 5.32 Å². The number of rotatable bonds is 7. The Bertz CT molecular complexity index is 939. The fraction of sp³-hybridized carbons (Fsp3) is 0.318. The molecular formula is C22H23N3O4. The molecule has 150 valence electrons. The second-order valence-corrected chi connectivity index (χ2v) is 7.31. The van der Waals surface area contributed by atoms with E-state index in [2.05, 4.69) is 10.6 Å². The van der Waals surface area contributed by atoms with Gasteiger partial charge in [-0.05, 0) is 49.6 Å². The summed E-state index contributed by atoms with van der Waals surface area (Å²) in [5, 5.41) is 5.67. The Hall–Kier alpha value is -3.35. The van der Waals surface area contributed by atoms with Crippen molar-refractivity contribution in [2.45, 2.75) is 31.7 Å². The van der Waals surface area contributed by atoms with Crippen LogP contribution in [-0.2, 0) is 9.59 Å². The lowest BCUT2D eigenvalue weighted by atomic mass is 10.2. The maximum atomic E-state index is 12.2. The maximum Gasteiger partial charge on any atom is 0.262 e. The van der Waals surface area contributed by atoms with Gasteiger partial charge in [0.25, 0.3) is 11.8 Å². The van der Waals surface area contributed by atoms with Crippen LogP contribution in [0.3, 0.4) is 0 Å². The Morgan fingerprint density at radius 1 is 1.10 bits per heavy atom. The molecule has 1 aliphatic carbocycles. The third kappa shape index (κ3) is 4.93. The zero-order valence-corrected chi connectivity index (χ0v) is 16.0. The normalized spacial score (nSPS) is 15.9. The summed E-state index contributed by atoms with van der Waals surface area (Å²) < 4.78 is 5.58. The molecule has 2 aromatic carbocycles. The van der Waals surface area contributed by atoms with Gasteiger partial charge in [0.2, 0.25) is 5.91 Å². The zero-order valence-electron chi connectivity index (χ0n) is 16.0. The fourth-order valence-corrected chi connectivity index (χ4v) is 3.24. The van der Waals surface area contributed by atoms with E-state index in [1.54, 1.807) is 47.4 Å². The van der Waals surface area contributed by atoms with Gasteiger partial charge in [0.15, 0.2) is 6.61 Å². The minimum absolute atomic E-state index is 0.102. The monoisotopic (exact) mass is 393 g/mol. The predicted octanol–water partition coefficient (Wildman–Crippen LogP) is 2.72. The van der Waals surface area contributed by atoms with Gasteiger partial charge >= 0.3 is 0 Å². The first-order valence-corrected chi connectivity index (χ1v) is 9.82. The van der Waals surface area contributed by atoms with Crippen LogP contribution in [0.4, 0.5) is 11.4 Å². The summed E-state index contributed by atoms with van der Waals surface area (Å²) in [6, 6.07) is 14.3. The molecule has 1 saturated carbocycles. The molecule has 7 nitrogen and oxygen atoms in total. The van der Waals surface area contributed by atoms with Crippen LogP contribution in [0.2, 0.25) is 0 Å². The van der Waals surface area contributed by atoms with Crippen molar-refractivity contribution in [3.63, 3.8) is 0 Å². The van der Waals surface area contributed by atoms with Crippen molar-refractivity contribution in [3.8, 4) is 5.75 Å². The summed E-state index contributed by atoms with van der Waals surface area (Å²) in [7, 11) is 0. The highest BCUT2D eigenvalue weighted by Gasteiger charge is 2.24. The minimum Gasteiger partial charge on any atom is -0.484 e. The Kier molecular flexibility index (Phi) is 5.46. The molecule has 1 saturated heterocycles. The second-order valence-electron chi connectivity index (χ2n) is 7.31. The SMILES string of the molecule is O=C(COc1cccc(N2CCCC2=O)c1)Nc1cccc(C(=O)NC2CC2)c1. The van der Waals surface area contributed by atoms with Gasteiger partial charge in [-0.25, -0.2) is 0 Å². The third-order valence-electron chi connectivity index (χ3n) is 4.89. The lowest BCUT2D eigenvalue weighted by molar-refractivity contribution is -0.118. The number of amides is 3. The van der Waals surface area contributed by atoms with Crippen LogP contribution in [0.5, 0.6) is 5.75 Å². The van der Waals surface area contributed by atoms with Crippen molar-refractivity contribution in [3.05, 3.63) is 54.1 Å². The molecule has 0 bridgehead atoms. The third-order valence-corrected chi connectivity index (χ3v) is 4.89. The molecule has 2 aliphatic rings. The molecule has 29 heavy (non-hydrogen) atoms. The van der Waals surface area contributed by atoms with Crippen molar-refractivity contribution >= 4 is 29.1 Å². The van der Waals surface area contributed by atoms with Gasteiger partial charge in [-0.2, -0.15) is 0 Å². The van der Waals surface area contributed by atoms with E-state index >= 15 is 0 Å². The van der Waals surface area contributed by atoms with Gasteiger partial charge in [-0.1, -0.05) is 12.1 Å². The zero-order chi connectivity index (χ0) is 20.2. The first kappa shape index (κ1) is 19.0. The molecule has 7 heteroatoms. The molecule has 1 heterocycles. The van der Waals surface area contributed by atoms with E-state index in [9.17, 15) is 14.4 Å². The molecule has 0 radical (unpaired) electrons. The summed E-state index contributed by atoms with van der Waals surface area (Å²) in [4.78, 5) is 38.0. The van der Waals surface area contributed by atoms with Crippen LogP contribution in [0.15, 0.2) is 48.5 Å². The van der Waals surface area contributed by atoms with Gasteiger partial charge in [-0.15, -0.1) is 0 Å². The topological polar surface area (TPSA) is 87.7 Å². The fourth-order valence-electron chi connectivity index (χ4n) is 3.24. The van der Waals surface area contributed by atoms with E-state index in [-0.39, 0.29) is 30.4 Å². The van der Waals surface area contributed by atoms with Crippen LogP contribution in [0, 0.1) is 0 Å². The predicted molar refractivity (Wildman–Crippen MR) is 109 cm³/mol. The number of nitrogens with one attached hydrogen (secondary N) is 2. The quantitative estimate of drug-likeness (QED) is 0.757. The first-order chi connectivity index (χ1) is 14.1. The number of anilines is 2. The van der Waals surface area contributed by atoms with E-state index in [1.165, 1.54) is 0 Å². The number of nitrogens with zero attached hydrogens (tertiary/aromatic N) is 1. The highest BCUT2D eigenvalue weighted by molar-refractivity contribution is 5.98. The average Bonchev–Trinajstić information content (AvgIpc) is 3.44. The average molecular weight is 393 g/mol. The van der Waals surface area contributed by atoms with Gasteiger partial charge in [0.05, 0.1) is 0 Å². The van der Waals surface area contributed by atoms with Crippen LogP contribution < -0.4 is 20.3 Å². The van der Waals surface area contributed by atoms with Crippen LogP contribution in [0.1, 0.15) is 36.0 Å². The van der Waals surface area contributed by atoms with Crippen molar-refractivity contribution in [2.24, 2.45) is 0 Å². The van der Waals surface area contributed by atoms with E-state index in [0.29, 0.717) is 30.0 Å². The molecule has 2 aromatic rings. The molecular weight excluding hydrogens is 370 g/mol. The summed E-state index contributed by atoms with van der Waals surface area (Å²) in [6.45, 7) is 0.531. The molecule has 2 N–H and O–H groups in total. The number of carbonyl (C=O) groups is 3. The van der Waals surface area contributed by atoms with E-state index in [1.807, 2.05) is 6.07 Å². The van der Waals surface area contributed by atoms with Gasteiger partial charge in [-0.3, -0.25) is 14.4 Å². The van der Waals surface area contributed by atoms with Gasteiger partial charge < -0.3 is 20.3 Å². The standard InChI is InChI=1S/C22H23N3O4/c26-20(23-17-5-1-4-15(12-17)22(28)24-16-9-10-16)14-29-19-7-2-6-18(13-19)25-11-3-8-21(25)27/h1-2,4-7,12-13,16H,3,8-11,14H2,(H,23,26)(H,24,28). The van der Waals surface area contributed by atoms with Crippen molar-refractivity contribution in [2.75, 3.05) is 23.4 Å². The van der Waals surface area contributed by atoms with Crippen LogP contribution >= 0.6 is 0 Å². The molecule has 1 aliphatic heterocycles. The number of hydrogen-bond acceptors (Lipinski definition) is 4. The Balaban J connectivity index is 1.32.